The van der Waals surface area contributed by atoms with Crippen LogP contribution in [0.2, 0.25) is 5.02 Å². The van der Waals surface area contributed by atoms with Crippen LogP contribution in [-0.4, -0.2) is 38.4 Å². The van der Waals surface area contributed by atoms with Crippen molar-refractivity contribution in [1.29, 1.82) is 0 Å². The molecular weight excluding hydrogens is 474 g/mol. The van der Waals surface area contributed by atoms with Crippen LogP contribution in [-0.2, 0) is 29.6 Å². The van der Waals surface area contributed by atoms with Gasteiger partial charge in [0.1, 0.15) is 5.75 Å². The summed E-state index contributed by atoms with van der Waals surface area (Å²) in [7, 11) is 1.79. The van der Waals surface area contributed by atoms with E-state index < -0.39 is 6.10 Å². The lowest BCUT2D eigenvalue weighted by molar-refractivity contribution is -0.127. The second-order valence-corrected chi connectivity index (χ2v) is 9.08. The first-order valence-corrected chi connectivity index (χ1v) is 12.2. The topological polar surface area (TPSA) is 98.1 Å². The first-order chi connectivity index (χ1) is 16.3. The summed E-state index contributed by atoms with van der Waals surface area (Å²) in [5.41, 5.74) is 2.79. The molecule has 0 aliphatic rings. The van der Waals surface area contributed by atoms with Crippen LogP contribution in [0.15, 0.2) is 47.6 Å². The second kappa shape index (κ2) is 11.9. The zero-order valence-corrected chi connectivity index (χ0v) is 21.2. The van der Waals surface area contributed by atoms with Crippen LogP contribution in [0.5, 0.6) is 5.75 Å². The number of aromatic nitrogens is 3. The molecule has 0 radical (unpaired) electrons. The number of hydrogen-bond donors (Lipinski definition) is 2. The summed E-state index contributed by atoms with van der Waals surface area (Å²) in [5.74, 6) is 0.934. The minimum Gasteiger partial charge on any atom is -0.481 e. The number of carbonyl (C=O) groups excluding carboxylic acids is 2. The predicted octanol–water partition coefficient (Wildman–Crippen LogP) is 4.15. The van der Waals surface area contributed by atoms with Crippen molar-refractivity contribution >= 4 is 40.9 Å². The van der Waals surface area contributed by atoms with Gasteiger partial charge in [-0.3, -0.25) is 9.59 Å². The number of nitrogens with one attached hydrogen (secondary N) is 2. The molecule has 34 heavy (non-hydrogen) atoms. The smallest absolute Gasteiger partial charge is 0.261 e. The Bertz CT molecular complexity index is 1150. The van der Waals surface area contributed by atoms with E-state index >= 15 is 0 Å². The number of rotatable bonds is 10. The van der Waals surface area contributed by atoms with E-state index in [2.05, 4.69) is 27.8 Å². The van der Waals surface area contributed by atoms with Crippen molar-refractivity contribution in [2.45, 2.75) is 45.0 Å². The summed E-state index contributed by atoms with van der Waals surface area (Å²) in [5, 5.41) is 15.0. The van der Waals surface area contributed by atoms with Gasteiger partial charge < -0.3 is 19.9 Å². The third-order valence-electron chi connectivity index (χ3n) is 5.15. The number of anilines is 1. The van der Waals surface area contributed by atoms with Crippen LogP contribution >= 0.6 is 23.4 Å². The maximum absolute atomic E-state index is 12.4. The molecule has 0 unspecified atom stereocenters. The third kappa shape index (κ3) is 6.98. The molecule has 1 aromatic heterocycles. The number of carbonyl (C=O) groups is 2. The summed E-state index contributed by atoms with van der Waals surface area (Å²) in [6, 6.07) is 13.0. The number of thioether (sulfide) groups is 1. The molecule has 0 fully saturated rings. The Morgan fingerprint density at radius 1 is 1.18 bits per heavy atom. The van der Waals surface area contributed by atoms with Gasteiger partial charge in [0.05, 0.1) is 12.3 Å². The Kier molecular flexibility index (Phi) is 8.95. The number of halogens is 1. The van der Waals surface area contributed by atoms with E-state index in [-0.39, 0.29) is 24.1 Å². The van der Waals surface area contributed by atoms with Crippen LogP contribution in [0.3, 0.4) is 0 Å². The molecule has 0 aliphatic heterocycles. The predicted molar refractivity (Wildman–Crippen MR) is 134 cm³/mol. The fourth-order valence-corrected chi connectivity index (χ4v) is 3.90. The molecule has 0 saturated carbocycles. The van der Waals surface area contributed by atoms with Gasteiger partial charge in [0.25, 0.3) is 5.91 Å². The molecule has 0 bridgehead atoms. The summed E-state index contributed by atoms with van der Waals surface area (Å²) in [6.07, 6.45) is 0.286. The number of nitrogens with zero attached hydrogens (tertiary/aromatic N) is 3. The first kappa shape index (κ1) is 25.6. The van der Waals surface area contributed by atoms with E-state index in [0.29, 0.717) is 27.4 Å². The van der Waals surface area contributed by atoms with Crippen LogP contribution in [0, 0.1) is 6.92 Å². The number of ether oxygens (including phenoxy) is 1. The van der Waals surface area contributed by atoms with E-state index in [4.69, 9.17) is 16.3 Å². The average Bonchev–Trinajstić information content (AvgIpc) is 3.18. The molecular formula is C24H28ClN5O3S. The van der Waals surface area contributed by atoms with Gasteiger partial charge in [-0.2, -0.15) is 0 Å². The van der Waals surface area contributed by atoms with E-state index in [1.165, 1.54) is 17.3 Å². The summed E-state index contributed by atoms with van der Waals surface area (Å²) in [6.45, 7) is 5.87. The van der Waals surface area contributed by atoms with E-state index in [1.54, 1.807) is 30.7 Å². The average molecular weight is 502 g/mol. The van der Waals surface area contributed by atoms with Gasteiger partial charge >= 0.3 is 0 Å². The van der Waals surface area contributed by atoms with Crippen molar-refractivity contribution in [2.24, 2.45) is 7.05 Å². The van der Waals surface area contributed by atoms with Crippen LogP contribution in [0.25, 0.3) is 0 Å². The molecule has 180 valence electrons. The van der Waals surface area contributed by atoms with Crippen molar-refractivity contribution in [1.82, 2.24) is 20.1 Å². The highest BCUT2D eigenvalue weighted by molar-refractivity contribution is 7.99. The van der Waals surface area contributed by atoms with Gasteiger partial charge in [0.15, 0.2) is 17.1 Å². The Morgan fingerprint density at radius 2 is 1.91 bits per heavy atom. The summed E-state index contributed by atoms with van der Waals surface area (Å²) in [4.78, 5) is 24.7. The molecule has 0 spiro atoms. The maximum atomic E-state index is 12.4. The fourth-order valence-electron chi connectivity index (χ4n) is 2.99. The molecule has 1 atom stereocenters. The van der Waals surface area contributed by atoms with Gasteiger partial charge in [-0.25, -0.2) is 0 Å². The molecule has 2 N–H and O–H groups in total. The molecule has 2 aromatic carbocycles. The molecule has 3 rings (SSSR count). The van der Waals surface area contributed by atoms with E-state index in [1.807, 2.05) is 37.3 Å². The molecule has 2 amide bonds. The zero-order valence-electron chi connectivity index (χ0n) is 19.6. The van der Waals surface area contributed by atoms with E-state index in [9.17, 15) is 9.59 Å². The monoisotopic (exact) mass is 501 g/mol. The number of hydrogen-bond acceptors (Lipinski definition) is 6. The maximum Gasteiger partial charge on any atom is 0.261 e. The highest BCUT2D eigenvalue weighted by Crippen LogP contribution is 2.21. The van der Waals surface area contributed by atoms with Crippen LogP contribution in [0.4, 0.5) is 5.69 Å². The zero-order chi connectivity index (χ0) is 24.7. The number of amides is 2. The highest BCUT2D eigenvalue weighted by atomic mass is 35.5. The molecule has 8 nitrogen and oxygen atoms in total. The third-order valence-corrected chi connectivity index (χ3v) is 6.57. The standard InChI is InChI=1S/C24H28ClN5O3S/c1-5-17-7-10-19(11-8-17)33-16(3)23(32)26-13-21-28-29-24(30(21)4)34-14-22(31)27-18-9-6-15(2)20(25)12-18/h6-12,16H,5,13-14H2,1-4H3,(H,26,32)(H,27,31)/t16-/m1/s1. The lowest BCUT2D eigenvalue weighted by Gasteiger charge is -2.15. The minimum atomic E-state index is -0.659. The Hall–Kier alpha value is -3.04. The quantitative estimate of drug-likeness (QED) is 0.405. The number of benzene rings is 2. The normalized spacial score (nSPS) is 11.7. The van der Waals surface area contributed by atoms with Crippen molar-refractivity contribution in [3.63, 3.8) is 0 Å². The second-order valence-electron chi connectivity index (χ2n) is 7.73. The van der Waals surface area contributed by atoms with Gasteiger partial charge in [-0.15, -0.1) is 10.2 Å². The summed E-state index contributed by atoms with van der Waals surface area (Å²) >= 11 is 7.36. The molecule has 1 heterocycles. The van der Waals surface area contributed by atoms with Gasteiger partial charge in [0.2, 0.25) is 5.91 Å². The van der Waals surface area contributed by atoms with Crippen LogP contribution < -0.4 is 15.4 Å². The van der Waals surface area contributed by atoms with Crippen molar-refractivity contribution in [3.8, 4) is 5.75 Å². The van der Waals surface area contributed by atoms with E-state index in [0.717, 1.165) is 12.0 Å². The minimum absolute atomic E-state index is 0.158. The molecule has 3 aromatic rings. The largest absolute Gasteiger partial charge is 0.481 e. The lowest BCUT2D eigenvalue weighted by Crippen LogP contribution is -2.36. The van der Waals surface area contributed by atoms with Gasteiger partial charge in [-0.1, -0.05) is 48.5 Å². The van der Waals surface area contributed by atoms with Crippen molar-refractivity contribution in [2.75, 3.05) is 11.1 Å². The Labute approximate surface area is 208 Å². The fraction of sp³-hybridized carbons (Fsp3) is 0.333. The first-order valence-electron chi connectivity index (χ1n) is 10.9. The van der Waals surface area contributed by atoms with Gasteiger partial charge in [-0.05, 0) is 55.7 Å². The van der Waals surface area contributed by atoms with Crippen molar-refractivity contribution in [3.05, 3.63) is 64.4 Å². The Balaban J connectivity index is 1.47. The molecule has 10 heteroatoms. The Morgan fingerprint density at radius 3 is 2.59 bits per heavy atom. The summed E-state index contributed by atoms with van der Waals surface area (Å²) < 4.78 is 7.46. The molecule has 0 aliphatic carbocycles. The van der Waals surface area contributed by atoms with Crippen LogP contribution in [0.1, 0.15) is 30.8 Å². The SMILES string of the molecule is CCc1ccc(O[C@H](C)C(=O)NCc2nnc(SCC(=O)Nc3ccc(C)c(Cl)c3)n2C)cc1. The highest BCUT2D eigenvalue weighted by Gasteiger charge is 2.17. The lowest BCUT2D eigenvalue weighted by atomic mass is 10.2. The van der Waals surface area contributed by atoms with Gasteiger partial charge in [0, 0.05) is 17.8 Å². The van der Waals surface area contributed by atoms with Crippen molar-refractivity contribution < 1.29 is 14.3 Å². The number of aryl methyl sites for hydroxylation is 2. The molecule has 0 saturated heterocycles.